The Labute approximate surface area is 583 Å². The van der Waals surface area contributed by atoms with Gasteiger partial charge in [0, 0.05) is 85.4 Å². The fraction of sp³-hybridized carbons (Fsp3) is 0.814. The lowest BCUT2D eigenvalue weighted by atomic mass is 9.93. The lowest BCUT2D eigenvalue weighted by Crippen LogP contribution is -2.62. The zero-order valence-corrected chi connectivity index (χ0v) is 64.1. The SMILES string of the molecule is C/C=C/C[C@@H](C)C[C@H]1C(=O)N[C@@H](CC)C(=O)N(C)[C@H](CS(=O)CCCN2CCOCC2)C(=O)N(C)[C@@H](CC(C)(C)O)C(=O)N[C@@H](C(C)C)C(=O)N(C)[C@@H](CC(C)C)C(=O)N[C@@H](C)C(=O)N[C@H](C)C(=O)N(C)[C@@H](CC(C)C)C(=O)N(C)[C@@H](CC(C)C)C(=O)N(C)[C@@H](C(C)C)C(=O)N1C. The van der Waals surface area contributed by atoms with Crippen LogP contribution in [0.1, 0.15) is 169 Å². The van der Waals surface area contributed by atoms with Crippen LogP contribution >= 0.6 is 0 Å². The van der Waals surface area contributed by atoms with Crippen LogP contribution in [-0.2, 0) is 68.3 Å². The highest BCUT2D eigenvalue weighted by Gasteiger charge is 2.46. The fourth-order valence-electron chi connectivity index (χ4n) is 12.5. The standard InChI is InChI=1S/C70H126N12O14S/c1-25-27-29-47(13)39-52-61(85)73-50(26-2)64(88)80(23)56(41-97(95)35-28-30-82-31-33-96-34-32-82)67(91)79(22)55(40-70(16,17)94)62(86)74-57(45(9)10)68(92)75(18)51(36-42(3)4)60(84)71-48(14)59(83)72-49(15)63(87)77(20)53(37-43(5)6)65(89)78(21)54(38-44(7)8)66(90)81(24)58(46(11)12)69(93)76(52)19/h25,27,42-58,94H,26,28-41H2,1-24H3,(H,71,84)(H,72,83)(H,73,85)(H,74,86)/b27-25+/t47-,48+,49-,50+,51+,52+,53+,54+,55+,56-,57+,58+,97?/m1/s1. The van der Waals surface area contributed by atoms with Gasteiger partial charge in [-0.05, 0) is 122 Å². The van der Waals surface area contributed by atoms with Crippen LogP contribution < -0.4 is 21.3 Å². The average molecular weight is 1390 g/mol. The van der Waals surface area contributed by atoms with Crippen molar-refractivity contribution >= 4 is 75.8 Å². The molecule has 0 aromatic carbocycles. The van der Waals surface area contributed by atoms with E-state index in [0.717, 1.165) is 9.80 Å². The zero-order chi connectivity index (χ0) is 74.4. The molecule has 11 amide bonds. The first kappa shape index (κ1) is 87.0. The molecule has 97 heavy (non-hydrogen) atoms. The molecular weight excluding hydrogens is 1260 g/mol. The fourth-order valence-corrected chi connectivity index (χ4v) is 13.8. The van der Waals surface area contributed by atoms with E-state index < -0.39 is 165 Å². The first-order chi connectivity index (χ1) is 44.9. The number of nitrogens with zero attached hydrogens (tertiary/aromatic N) is 8. The predicted molar refractivity (Wildman–Crippen MR) is 377 cm³/mol. The van der Waals surface area contributed by atoms with Crippen LogP contribution in [-0.4, -0.2) is 279 Å². The summed E-state index contributed by atoms with van der Waals surface area (Å²) in [6, 6.07) is -14.2. The molecule has 0 radical (unpaired) electrons. The van der Waals surface area contributed by atoms with Gasteiger partial charge in [0.1, 0.15) is 66.5 Å². The minimum absolute atomic E-state index is 0.0142. The van der Waals surface area contributed by atoms with Crippen molar-refractivity contribution in [1.82, 2.24) is 60.5 Å². The number of ether oxygens (including phenoxy) is 1. The normalized spacial score (nSPS) is 27.1. The molecule has 0 bridgehead atoms. The molecule has 0 spiro atoms. The number of hydrogen-bond donors (Lipinski definition) is 5. The van der Waals surface area contributed by atoms with Crippen molar-refractivity contribution < 1.29 is 66.8 Å². The van der Waals surface area contributed by atoms with E-state index in [2.05, 4.69) is 26.2 Å². The number of amides is 11. The molecule has 2 heterocycles. The number of rotatable bonds is 21. The van der Waals surface area contributed by atoms with Crippen molar-refractivity contribution in [2.45, 2.75) is 241 Å². The van der Waals surface area contributed by atoms with Crippen LogP contribution in [0.3, 0.4) is 0 Å². The second kappa shape index (κ2) is 40.3. The molecule has 27 heteroatoms. The highest BCUT2D eigenvalue weighted by molar-refractivity contribution is 7.85. The zero-order valence-electron chi connectivity index (χ0n) is 63.3. The van der Waals surface area contributed by atoms with E-state index in [4.69, 9.17) is 4.74 Å². The number of aliphatic hydroxyl groups is 1. The molecular formula is C70H126N12O14S. The summed E-state index contributed by atoms with van der Waals surface area (Å²) in [7, 11) is 8.18. The Morgan fingerprint density at radius 3 is 1.45 bits per heavy atom. The van der Waals surface area contributed by atoms with Gasteiger partial charge >= 0.3 is 0 Å². The van der Waals surface area contributed by atoms with Gasteiger partial charge in [0.2, 0.25) is 65.0 Å². The van der Waals surface area contributed by atoms with Crippen LogP contribution in [0, 0.1) is 35.5 Å². The monoisotopic (exact) mass is 1390 g/mol. The van der Waals surface area contributed by atoms with Crippen molar-refractivity contribution in [1.29, 1.82) is 0 Å². The minimum Gasteiger partial charge on any atom is -0.390 e. The van der Waals surface area contributed by atoms with Gasteiger partial charge in [-0.25, -0.2) is 0 Å². The van der Waals surface area contributed by atoms with Gasteiger partial charge < -0.3 is 65.4 Å². The number of nitrogens with one attached hydrogen (secondary N) is 4. The van der Waals surface area contributed by atoms with Crippen molar-refractivity contribution in [3.05, 3.63) is 12.2 Å². The van der Waals surface area contributed by atoms with E-state index >= 15 is 33.6 Å². The molecule has 2 aliphatic rings. The summed E-state index contributed by atoms with van der Waals surface area (Å²) in [6.45, 7) is 32.4. The molecule has 556 valence electrons. The summed E-state index contributed by atoms with van der Waals surface area (Å²) >= 11 is 0. The number of likely N-dealkylation sites (N-methyl/N-ethyl adjacent to an activating group) is 7. The third-order valence-electron chi connectivity index (χ3n) is 18.5. The molecule has 2 rings (SSSR count). The lowest BCUT2D eigenvalue weighted by Gasteiger charge is -2.41. The van der Waals surface area contributed by atoms with Gasteiger partial charge in [0.25, 0.3) is 0 Å². The van der Waals surface area contributed by atoms with Crippen molar-refractivity contribution in [3.63, 3.8) is 0 Å². The maximum atomic E-state index is 15.5. The highest BCUT2D eigenvalue weighted by Crippen LogP contribution is 2.26. The topological polar surface area (TPSA) is 308 Å². The first-order valence-corrected chi connectivity index (χ1v) is 36.5. The Hall–Kier alpha value is -6.06. The lowest BCUT2D eigenvalue weighted by molar-refractivity contribution is -0.156. The number of allylic oxidation sites excluding steroid dienone is 2. The molecule has 0 saturated carbocycles. The molecule has 26 nitrogen and oxygen atoms in total. The summed E-state index contributed by atoms with van der Waals surface area (Å²) in [5.74, 6) is -9.89. The van der Waals surface area contributed by atoms with Crippen LogP contribution in [0.5, 0.6) is 0 Å². The Morgan fingerprint density at radius 2 is 0.959 bits per heavy atom. The second-order valence-electron chi connectivity index (χ2n) is 29.8. The van der Waals surface area contributed by atoms with Crippen molar-refractivity contribution in [2.75, 3.05) is 93.7 Å². The molecule has 2 aliphatic heterocycles. The molecule has 2 fully saturated rings. The average Bonchev–Trinajstić information content (AvgIpc) is 0.814. The summed E-state index contributed by atoms with van der Waals surface area (Å²) < 4.78 is 19.9. The smallest absolute Gasteiger partial charge is 0.246 e. The van der Waals surface area contributed by atoms with E-state index in [0.29, 0.717) is 45.7 Å². The molecule has 0 aromatic heterocycles. The minimum atomic E-state index is -1.76. The quantitative estimate of drug-likeness (QED) is 0.103. The first-order valence-electron chi connectivity index (χ1n) is 35.0. The third kappa shape index (κ3) is 26.2. The summed E-state index contributed by atoms with van der Waals surface area (Å²) in [6.07, 6.45) is 4.92. The number of carbonyl (C=O) groups is 11. The van der Waals surface area contributed by atoms with Crippen LogP contribution in [0.25, 0.3) is 0 Å². The van der Waals surface area contributed by atoms with Gasteiger partial charge in [-0.2, -0.15) is 0 Å². The van der Waals surface area contributed by atoms with E-state index in [1.54, 1.807) is 34.6 Å². The number of hydrogen-bond acceptors (Lipinski definition) is 15. The summed E-state index contributed by atoms with van der Waals surface area (Å²) in [4.78, 5) is 175. The Balaban J connectivity index is 3.11. The van der Waals surface area contributed by atoms with E-state index in [-0.39, 0.29) is 67.9 Å². The maximum absolute atomic E-state index is 15.5. The van der Waals surface area contributed by atoms with E-state index in [9.17, 15) is 28.5 Å². The third-order valence-corrected chi connectivity index (χ3v) is 19.9. The summed E-state index contributed by atoms with van der Waals surface area (Å²) in [5, 5.41) is 22.6. The molecule has 1 unspecified atom stereocenters. The molecule has 0 aliphatic carbocycles. The van der Waals surface area contributed by atoms with Gasteiger partial charge in [-0.15, -0.1) is 0 Å². The molecule has 2 saturated heterocycles. The van der Waals surface area contributed by atoms with Gasteiger partial charge in [0.15, 0.2) is 0 Å². The van der Waals surface area contributed by atoms with Crippen LogP contribution in [0.4, 0.5) is 0 Å². The summed E-state index contributed by atoms with van der Waals surface area (Å²) in [5.41, 5.74) is -1.63. The van der Waals surface area contributed by atoms with Gasteiger partial charge in [-0.1, -0.05) is 95.2 Å². The molecule has 13 atom stereocenters. The number of morpholine rings is 1. The van der Waals surface area contributed by atoms with Crippen LogP contribution in [0.15, 0.2) is 12.2 Å². The number of carbonyl (C=O) groups excluding carboxylic acids is 11. The highest BCUT2D eigenvalue weighted by atomic mass is 32.2. The molecule has 5 N–H and O–H groups in total. The van der Waals surface area contributed by atoms with Crippen molar-refractivity contribution in [2.24, 2.45) is 35.5 Å². The Morgan fingerprint density at radius 1 is 0.526 bits per heavy atom. The van der Waals surface area contributed by atoms with Crippen LogP contribution in [0.2, 0.25) is 0 Å². The Bertz CT molecular complexity index is 2700. The van der Waals surface area contributed by atoms with E-state index in [1.807, 2.05) is 67.5 Å². The van der Waals surface area contributed by atoms with Gasteiger partial charge in [-0.3, -0.25) is 61.8 Å². The maximum Gasteiger partial charge on any atom is 0.246 e. The Kier molecular flexibility index (Phi) is 36.1. The van der Waals surface area contributed by atoms with E-state index in [1.165, 1.54) is 102 Å². The van der Waals surface area contributed by atoms with Gasteiger partial charge in [0.05, 0.1) is 24.6 Å². The largest absolute Gasteiger partial charge is 0.390 e. The second-order valence-corrected chi connectivity index (χ2v) is 31.4. The van der Waals surface area contributed by atoms with Crippen molar-refractivity contribution in [3.8, 4) is 0 Å². The predicted octanol–water partition coefficient (Wildman–Crippen LogP) is 3.25. The molecule has 0 aromatic rings.